The van der Waals surface area contributed by atoms with E-state index in [1.165, 1.54) is 16.2 Å². The fourth-order valence-corrected chi connectivity index (χ4v) is 2.77. The summed E-state index contributed by atoms with van der Waals surface area (Å²) in [6.45, 7) is 0.978. The summed E-state index contributed by atoms with van der Waals surface area (Å²) in [5, 5.41) is 0. The van der Waals surface area contributed by atoms with Gasteiger partial charge >= 0.3 is 0 Å². The Kier molecular flexibility index (Phi) is 2.14. The standard InChI is InChI=1S/C13H11NS/c1-2-6-12(7-3-1)14-10-9-11-5-4-8-13(11)15-14/h1-9H,10H2. The van der Waals surface area contributed by atoms with Crippen LogP contribution in [0.25, 0.3) is 0 Å². The van der Waals surface area contributed by atoms with Crippen LogP contribution in [0.3, 0.4) is 0 Å². The van der Waals surface area contributed by atoms with Crippen molar-refractivity contribution in [1.29, 1.82) is 0 Å². The van der Waals surface area contributed by atoms with E-state index in [0.717, 1.165) is 6.54 Å². The Balaban J connectivity index is 1.88. The summed E-state index contributed by atoms with van der Waals surface area (Å²) >= 11 is 1.82. The van der Waals surface area contributed by atoms with Gasteiger partial charge in [0.1, 0.15) is 0 Å². The molecule has 0 bridgehead atoms. The van der Waals surface area contributed by atoms with Crippen LogP contribution in [0, 0.1) is 0 Å². The van der Waals surface area contributed by atoms with Crippen LogP contribution >= 0.6 is 11.9 Å². The number of allylic oxidation sites excluding steroid dienone is 4. The Morgan fingerprint density at radius 1 is 1.13 bits per heavy atom. The number of nitrogens with zero attached hydrogens (tertiary/aromatic N) is 1. The maximum Gasteiger partial charge on any atom is 0.0488 e. The Morgan fingerprint density at radius 3 is 2.87 bits per heavy atom. The minimum absolute atomic E-state index is 0.978. The van der Waals surface area contributed by atoms with Crippen LogP contribution in [-0.4, -0.2) is 6.54 Å². The molecule has 1 aromatic carbocycles. The van der Waals surface area contributed by atoms with E-state index in [1.807, 2.05) is 11.9 Å². The van der Waals surface area contributed by atoms with Gasteiger partial charge in [0.05, 0.1) is 0 Å². The van der Waals surface area contributed by atoms with Crippen molar-refractivity contribution in [2.75, 3.05) is 10.8 Å². The van der Waals surface area contributed by atoms with Gasteiger partial charge in [-0.15, -0.1) is 0 Å². The molecule has 0 saturated carbocycles. The smallest absolute Gasteiger partial charge is 0.0488 e. The lowest BCUT2D eigenvalue weighted by Crippen LogP contribution is -2.18. The zero-order valence-electron chi connectivity index (χ0n) is 8.26. The first-order chi connectivity index (χ1) is 7.43. The van der Waals surface area contributed by atoms with E-state index in [-0.39, 0.29) is 0 Å². The molecule has 0 unspecified atom stereocenters. The molecule has 1 nitrogen and oxygen atoms in total. The molecule has 1 aliphatic carbocycles. The molecular weight excluding hydrogens is 202 g/mol. The second-order valence-electron chi connectivity index (χ2n) is 3.54. The molecule has 0 aromatic heterocycles. The Labute approximate surface area is 93.9 Å². The summed E-state index contributed by atoms with van der Waals surface area (Å²) in [6.07, 6.45) is 8.73. The monoisotopic (exact) mass is 213 g/mol. The zero-order valence-corrected chi connectivity index (χ0v) is 9.08. The van der Waals surface area contributed by atoms with Gasteiger partial charge in [0.2, 0.25) is 0 Å². The van der Waals surface area contributed by atoms with Gasteiger partial charge < -0.3 is 4.31 Å². The van der Waals surface area contributed by atoms with Crippen molar-refractivity contribution < 1.29 is 0 Å². The largest absolute Gasteiger partial charge is 0.308 e. The van der Waals surface area contributed by atoms with E-state index < -0.39 is 0 Å². The van der Waals surface area contributed by atoms with Gasteiger partial charge in [-0.3, -0.25) is 0 Å². The molecule has 2 heteroatoms. The normalized spacial score (nSPS) is 18.5. The predicted octanol–water partition coefficient (Wildman–Crippen LogP) is 3.53. The molecule has 0 fully saturated rings. The van der Waals surface area contributed by atoms with Gasteiger partial charge in [0, 0.05) is 17.1 Å². The van der Waals surface area contributed by atoms with E-state index in [1.54, 1.807) is 0 Å². The van der Waals surface area contributed by atoms with Gasteiger partial charge in [-0.2, -0.15) is 0 Å². The van der Waals surface area contributed by atoms with E-state index in [9.17, 15) is 0 Å². The average molecular weight is 213 g/mol. The van der Waals surface area contributed by atoms with Crippen molar-refractivity contribution in [2.45, 2.75) is 0 Å². The van der Waals surface area contributed by atoms with E-state index in [4.69, 9.17) is 0 Å². The maximum absolute atomic E-state index is 2.31. The minimum atomic E-state index is 0.978. The molecule has 2 aliphatic rings. The number of para-hydroxylation sites is 1. The first kappa shape index (κ1) is 8.86. The van der Waals surface area contributed by atoms with Crippen molar-refractivity contribution in [2.24, 2.45) is 0 Å². The third-order valence-electron chi connectivity index (χ3n) is 2.54. The molecular formula is C13H11NS. The fraction of sp³-hybridized carbons (Fsp3) is 0.0769. The lowest BCUT2D eigenvalue weighted by Gasteiger charge is -2.26. The lowest BCUT2D eigenvalue weighted by molar-refractivity contribution is 1.19. The summed E-state index contributed by atoms with van der Waals surface area (Å²) in [4.78, 5) is 1.35. The molecule has 0 saturated heterocycles. The third-order valence-corrected chi connectivity index (χ3v) is 3.69. The quantitative estimate of drug-likeness (QED) is 0.656. The van der Waals surface area contributed by atoms with Gasteiger partial charge in [0.25, 0.3) is 0 Å². The molecule has 1 heterocycles. The highest BCUT2D eigenvalue weighted by atomic mass is 32.2. The predicted molar refractivity (Wildman–Crippen MR) is 66.7 cm³/mol. The van der Waals surface area contributed by atoms with Crippen LogP contribution in [0.2, 0.25) is 0 Å². The van der Waals surface area contributed by atoms with E-state index >= 15 is 0 Å². The molecule has 0 N–H and O–H groups in total. The summed E-state index contributed by atoms with van der Waals surface area (Å²) in [5.41, 5.74) is 2.64. The summed E-state index contributed by atoms with van der Waals surface area (Å²) in [5.74, 6) is 0. The van der Waals surface area contributed by atoms with Crippen LogP contribution in [0.1, 0.15) is 0 Å². The maximum atomic E-state index is 2.31. The van der Waals surface area contributed by atoms with Crippen molar-refractivity contribution in [3.8, 4) is 0 Å². The topological polar surface area (TPSA) is 3.24 Å². The highest BCUT2D eigenvalue weighted by Gasteiger charge is 2.17. The molecule has 1 aliphatic heterocycles. The highest BCUT2D eigenvalue weighted by Crippen LogP contribution is 2.38. The van der Waals surface area contributed by atoms with Crippen molar-refractivity contribution >= 4 is 17.6 Å². The molecule has 15 heavy (non-hydrogen) atoms. The molecule has 74 valence electrons. The van der Waals surface area contributed by atoms with Crippen molar-refractivity contribution in [1.82, 2.24) is 0 Å². The first-order valence-corrected chi connectivity index (χ1v) is 5.80. The summed E-state index contributed by atoms with van der Waals surface area (Å²) in [6, 6.07) is 10.5. The van der Waals surface area contributed by atoms with Crippen molar-refractivity contribution in [3.63, 3.8) is 0 Å². The molecule has 0 amide bonds. The average Bonchev–Trinajstić information content (AvgIpc) is 2.77. The first-order valence-electron chi connectivity index (χ1n) is 5.03. The van der Waals surface area contributed by atoms with Gasteiger partial charge in [-0.1, -0.05) is 36.4 Å². The van der Waals surface area contributed by atoms with Crippen LogP contribution in [0.5, 0.6) is 0 Å². The van der Waals surface area contributed by atoms with Crippen LogP contribution in [0.4, 0.5) is 5.69 Å². The summed E-state index contributed by atoms with van der Waals surface area (Å²) in [7, 11) is 0. The SMILES string of the molecule is C1=CC2=CCN(c3ccccc3)SC2=C1. The Hall–Kier alpha value is -1.41. The minimum Gasteiger partial charge on any atom is -0.308 e. The van der Waals surface area contributed by atoms with Gasteiger partial charge in [-0.25, -0.2) is 0 Å². The number of anilines is 1. The van der Waals surface area contributed by atoms with E-state index in [2.05, 4.69) is 58.9 Å². The van der Waals surface area contributed by atoms with Crippen LogP contribution in [-0.2, 0) is 0 Å². The number of hydrogen-bond acceptors (Lipinski definition) is 2. The van der Waals surface area contributed by atoms with Crippen LogP contribution < -0.4 is 4.31 Å². The second kappa shape index (κ2) is 3.63. The van der Waals surface area contributed by atoms with Crippen molar-refractivity contribution in [3.05, 3.63) is 65.1 Å². The Bertz CT molecular complexity index is 457. The number of rotatable bonds is 1. The zero-order chi connectivity index (χ0) is 10.1. The molecule has 0 atom stereocenters. The summed E-state index contributed by atoms with van der Waals surface area (Å²) < 4.78 is 2.31. The molecule has 3 rings (SSSR count). The lowest BCUT2D eigenvalue weighted by atomic mass is 10.2. The highest BCUT2D eigenvalue weighted by molar-refractivity contribution is 8.04. The number of benzene rings is 1. The Morgan fingerprint density at radius 2 is 2.00 bits per heavy atom. The van der Waals surface area contributed by atoms with Crippen LogP contribution in [0.15, 0.2) is 65.1 Å². The number of fused-ring (bicyclic) bond motifs is 1. The molecule has 1 aromatic rings. The fourth-order valence-electron chi connectivity index (χ4n) is 1.76. The van der Waals surface area contributed by atoms with E-state index in [0.29, 0.717) is 0 Å². The van der Waals surface area contributed by atoms with Gasteiger partial charge in [0.15, 0.2) is 0 Å². The second-order valence-corrected chi connectivity index (χ2v) is 4.60. The molecule has 0 spiro atoms. The van der Waals surface area contributed by atoms with Gasteiger partial charge in [-0.05, 0) is 35.7 Å². The third kappa shape index (κ3) is 1.61. The molecule has 0 radical (unpaired) electrons. The number of hydrogen-bond donors (Lipinski definition) is 0.